The summed E-state index contributed by atoms with van der Waals surface area (Å²) in [6.07, 6.45) is 4.39. The van der Waals surface area contributed by atoms with E-state index in [1.165, 1.54) is 40.7 Å². The van der Waals surface area contributed by atoms with Gasteiger partial charge in [0.05, 0.1) is 6.61 Å². The Bertz CT molecular complexity index is 1130. The van der Waals surface area contributed by atoms with E-state index in [1.807, 2.05) is 12.1 Å². The number of aryl methyl sites for hydroxylation is 1. The number of carbonyl (C=O) groups is 1. The monoisotopic (exact) mass is 458 g/mol. The Balaban J connectivity index is 1.48. The van der Waals surface area contributed by atoms with E-state index in [0.717, 1.165) is 18.6 Å². The molecule has 1 aliphatic rings. The SMILES string of the molecule is CCCCc1cccc2c1-c1ccccc1C2CCOc1ccc(C(C)(OCC)C(=O)O)cc1. The van der Waals surface area contributed by atoms with E-state index in [4.69, 9.17) is 9.47 Å². The lowest BCUT2D eigenvalue weighted by atomic mass is 9.92. The zero-order valence-electron chi connectivity index (χ0n) is 20.3. The normalized spacial score (nSPS) is 15.9. The minimum Gasteiger partial charge on any atom is -0.494 e. The number of hydrogen-bond acceptors (Lipinski definition) is 3. The van der Waals surface area contributed by atoms with E-state index < -0.39 is 11.6 Å². The largest absolute Gasteiger partial charge is 0.494 e. The van der Waals surface area contributed by atoms with Crippen LogP contribution in [-0.4, -0.2) is 24.3 Å². The van der Waals surface area contributed by atoms with E-state index in [9.17, 15) is 9.90 Å². The Kier molecular flexibility index (Phi) is 7.38. The smallest absolute Gasteiger partial charge is 0.340 e. The molecule has 178 valence electrons. The first-order valence-corrected chi connectivity index (χ1v) is 12.3. The summed E-state index contributed by atoms with van der Waals surface area (Å²) in [5.41, 5.74) is 6.26. The van der Waals surface area contributed by atoms with Crippen LogP contribution in [0.2, 0.25) is 0 Å². The second kappa shape index (κ2) is 10.4. The maximum atomic E-state index is 11.7. The average molecular weight is 459 g/mol. The number of rotatable bonds is 11. The molecule has 0 bridgehead atoms. The number of carboxylic acid groups (broad SMARTS) is 1. The lowest BCUT2D eigenvalue weighted by molar-refractivity contribution is -0.164. The van der Waals surface area contributed by atoms with Crippen molar-refractivity contribution >= 4 is 5.97 Å². The topological polar surface area (TPSA) is 55.8 Å². The predicted molar refractivity (Wildman–Crippen MR) is 136 cm³/mol. The Labute approximate surface area is 202 Å². The summed E-state index contributed by atoms with van der Waals surface area (Å²) in [4.78, 5) is 11.7. The van der Waals surface area contributed by atoms with Crippen molar-refractivity contribution < 1.29 is 19.4 Å². The minimum absolute atomic E-state index is 0.320. The van der Waals surface area contributed by atoms with Gasteiger partial charge in [0.2, 0.25) is 0 Å². The third-order valence-electron chi connectivity index (χ3n) is 6.89. The molecule has 4 nitrogen and oxygen atoms in total. The van der Waals surface area contributed by atoms with Gasteiger partial charge in [-0.3, -0.25) is 0 Å². The number of unbranched alkanes of at least 4 members (excludes halogenated alkanes) is 1. The number of aliphatic carboxylic acids is 1. The van der Waals surface area contributed by atoms with Crippen LogP contribution in [-0.2, 0) is 21.6 Å². The lowest BCUT2D eigenvalue weighted by Crippen LogP contribution is -2.35. The molecule has 2 unspecified atom stereocenters. The molecule has 0 saturated carbocycles. The van der Waals surface area contributed by atoms with Gasteiger partial charge >= 0.3 is 5.97 Å². The Morgan fingerprint density at radius 1 is 0.971 bits per heavy atom. The fraction of sp³-hybridized carbons (Fsp3) is 0.367. The van der Waals surface area contributed by atoms with E-state index in [2.05, 4.69) is 49.4 Å². The molecule has 3 aromatic carbocycles. The van der Waals surface area contributed by atoms with E-state index in [1.54, 1.807) is 26.0 Å². The third-order valence-corrected chi connectivity index (χ3v) is 6.89. The van der Waals surface area contributed by atoms with E-state index in [0.29, 0.717) is 24.7 Å². The first-order valence-electron chi connectivity index (χ1n) is 12.3. The fourth-order valence-electron chi connectivity index (χ4n) is 5.04. The van der Waals surface area contributed by atoms with Gasteiger partial charge < -0.3 is 14.6 Å². The second-order valence-electron chi connectivity index (χ2n) is 9.06. The van der Waals surface area contributed by atoms with Gasteiger partial charge in [0.15, 0.2) is 5.60 Å². The highest BCUT2D eigenvalue weighted by Crippen LogP contribution is 2.48. The number of benzene rings is 3. The molecular weight excluding hydrogens is 424 g/mol. The maximum Gasteiger partial charge on any atom is 0.340 e. The van der Waals surface area contributed by atoms with Gasteiger partial charge in [-0.1, -0.05) is 67.9 Å². The van der Waals surface area contributed by atoms with Crippen molar-refractivity contribution in [3.63, 3.8) is 0 Å². The van der Waals surface area contributed by atoms with Gasteiger partial charge in [-0.25, -0.2) is 4.79 Å². The Morgan fingerprint density at radius 2 is 1.71 bits per heavy atom. The Hall–Kier alpha value is -3.11. The van der Waals surface area contributed by atoms with Crippen LogP contribution >= 0.6 is 0 Å². The summed E-state index contributed by atoms with van der Waals surface area (Å²) in [5, 5.41) is 9.62. The van der Waals surface area contributed by atoms with Crippen LogP contribution in [0.25, 0.3) is 11.1 Å². The zero-order valence-corrected chi connectivity index (χ0v) is 20.3. The molecule has 0 aromatic heterocycles. The second-order valence-corrected chi connectivity index (χ2v) is 9.06. The van der Waals surface area contributed by atoms with Crippen molar-refractivity contribution in [2.45, 2.75) is 58.0 Å². The van der Waals surface area contributed by atoms with Crippen LogP contribution in [0, 0.1) is 0 Å². The molecule has 4 heteroatoms. The molecule has 0 radical (unpaired) electrons. The number of ether oxygens (including phenoxy) is 2. The van der Waals surface area contributed by atoms with Crippen LogP contribution in [0.3, 0.4) is 0 Å². The van der Waals surface area contributed by atoms with Crippen LogP contribution in [0.15, 0.2) is 66.7 Å². The molecular formula is C30H34O4. The molecule has 0 amide bonds. The highest BCUT2D eigenvalue weighted by atomic mass is 16.5. The van der Waals surface area contributed by atoms with Crippen molar-refractivity contribution in [3.8, 4) is 16.9 Å². The Morgan fingerprint density at radius 3 is 2.41 bits per heavy atom. The number of carboxylic acids is 1. The predicted octanol–water partition coefficient (Wildman–Crippen LogP) is 6.95. The molecule has 0 fully saturated rings. The molecule has 4 rings (SSSR count). The van der Waals surface area contributed by atoms with Crippen molar-refractivity contribution in [2.75, 3.05) is 13.2 Å². The minimum atomic E-state index is -1.36. The number of fused-ring (bicyclic) bond motifs is 3. The molecule has 34 heavy (non-hydrogen) atoms. The summed E-state index contributed by atoms with van der Waals surface area (Å²) in [5.74, 6) is 0.0522. The highest BCUT2D eigenvalue weighted by Gasteiger charge is 2.36. The van der Waals surface area contributed by atoms with Crippen LogP contribution in [0.1, 0.15) is 68.2 Å². The van der Waals surface area contributed by atoms with Gasteiger partial charge in [0.1, 0.15) is 5.75 Å². The molecule has 2 atom stereocenters. The molecule has 0 saturated heterocycles. The fourth-order valence-corrected chi connectivity index (χ4v) is 5.04. The molecule has 1 aliphatic carbocycles. The molecule has 0 spiro atoms. The lowest BCUT2D eigenvalue weighted by Gasteiger charge is -2.25. The summed E-state index contributed by atoms with van der Waals surface area (Å²) < 4.78 is 11.6. The van der Waals surface area contributed by atoms with Gasteiger partial charge in [-0.05, 0) is 78.6 Å². The first kappa shape index (κ1) is 24.0. The van der Waals surface area contributed by atoms with Crippen molar-refractivity contribution in [1.29, 1.82) is 0 Å². The summed E-state index contributed by atoms with van der Waals surface area (Å²) in [6.45, 7) is 6.52. The van der Waals surface area contributed by atoms with Gasteiger partial charge in [-0.15, -0.1) is 0 Å². The third kappa shape index (κ3) is 4.60. The average Bonchev–Trinajstić information content (AvgIpc) is 3.17. The standard InChI is InChI=1S/C30H34O4/c1-4-6-10-21-11-9-14-27-25(24-12-7-8-13-26(24)28(21)27)19-20-33-23-17-15-22(16-18-23)30(3,29(31)32)34-5-2/h7-9,11-18,25H,4-6,10,19-20H2,1-3H3,(H,31,32). The van der Waals surface area contributed by atoms with E-state index in [-0.39, 0.29) is 0 Å². The van der Waals surface area contributed by atoms with Crippen LogP contribution in [0.5, 0.6) is 5.75 Å². The summed E-state index contributed by atoms with van der Waals surface area (Å²) >= 11 is 0. The maximum absolute atomic E-state index is 11.7. The molecule has 0 heterocycles. The van der Waals surface area contributed by atoms with Crippen molar-refractivity contribution in [3.05, 3.63) is 89.0 Å². The van der Waals surface area contributed by atoms with Gasteiger partial charge in [0, 0.05) is 12.5 Å². The highest BCUT2D eigenvalue weighted by molar-refractivity contribution is 5.81. The quantitative estimate of drug-likeness (QED) is 0.338. The van der Waals surface area contributed by atoms with Gasteiger partial charge in [0.25, 0.3) is 0 Å². The van der Waals surface area contributed by atoms with Crippen LogP contribution < -0.4 is 4.74 Å². The van der Waals surface area contributed by atoms with Crippen molar-refractivity contribution in [1.82, 2.24) is 0 Å². The summed E-state index contributed by atoms with van der Waals surface area (Å²) in [7, 11) is 0. The molecule has 0 aliphatic heterocycles. The molecule has 3 aromatic rings. The van der Waals surface area contributed by atoms with Gasteiger partial charge in [-0.2, -0.15) is 0 Å². The van der Waals surface area contributed by atoms with Crippen molar-refractivity contribution in [2.24, 2.45) is 0 Å². The number of hydrogen-bond donors (Lipinski definition) is 1. The summed E-state index contributed by atoms with van der Waals surface area (Å²) in [6, 6.07) is 22.7. The molecule has 1 N–H and O–H groups in total. The first-order chi connectivity index (χ1) is 16.5. The van der Waals surface area contributed by atoms with E-state index >= 15 is 0 Å². The zero-order chi connectivity index (χ0) is 24.1. The van der Waals surface area contributed by atoms with Crippen LogP contribution in [0.4, 0.5) is 0 Å².